The molecule has 166 valence electrons. The van der Waals surface area contributed by atoms with Gasteiger partial charge in [0.05, 0.1) is 19.4 Å². The number of urea groups is 1. The molecule has 0 bridgehead atoms. The third kappa shape index (κ3) is 4.69. The molecule has 2 aliphatic rings. The largest absolute Gasteiger partial charge is 0.467 e. The molecule has 0 atom stereocenters. The van der Waals surface area contributed by atoms with Crippen molar-refractivity contribution in [2.45, 2.75) is 58.5 Å². The molecular weight excluding hydrogens is 386 g/mol. The Kier molecular flexibility index (Phi) is 6.55. The number of furan rings is 1. The van der Waals surface area contributed by atoms with Gasteiger partial charge in [-0.25, -0.2) is 4.79 Å². The summed E-state index contributed by atoms with van der Waals surface area (Å²) in [4.78, 5) is 41.3. The molecule has 1 aliphatic heterocycles. The zero-order valence-corrected chi connectivity index (χ0v) is 18.4. The summed E-state index contributed by atoms with van der Waals surface area (Å²) in [6.07, 6.45) is 4.54. The minimum atomic E-state index is -0.864. The van der Waals surface area contributed by atoms with Crippen LogP contribution in [0.15, 0.2) is 22.8 Å². The standard InChI is InChI=1S/C22H33N3O5/c1-21(2,3)16-7-9-22(10-8-16)19(27)25(20(28)23-22)15-18(26)24(11-13-29-4)14-17-6-5-12-30-17/h5-6,12,16H,7-11,13-15H2,1-4H3,(H,23,28). The summed E-state index contributed by atoms with van der Waals surface area (Å²) in [5.74, 6) is 0.556. The van der Waals surface area contributed by atoms with E-state index in [9.17, 15) is 14.4 Å². The quantitative estimate of drug-likeness (QED) is 0.686. The normalized spacial score (nSPS) is 24.4. The van der Waals surface area contributed by atoms with Crippen LogP contribution in [-0.2, 0) is 20.9 Å². The van der Waals surface area contributed by atoms with Gasteiger partial charge in [0.15, 0.2) is 0 Å². The number of hydrogen-bond acceptors (Lipinski definition) is 5. The smallest absolute Gasteiger partial charge is 0.325 e. The van der Waals surface area contributed by atoms with Gasteiger partial charge in [0.1, 0.15) is 17.8 Å². The number of amides is 4. The Bertz CT molecular complexity index is 760. The Balaban J connectivity index is 1.66. The highest BCUT2D eigenvalue weighted by Gasteiger charge is 2.53. The summed E-state index contributed by atoms with van der Waals surface area (Å²) < 4.78 is 10.4. The zero-order valence-electron chi connectivity index (χ0n) is 18.4. The minimum absolute atomic E-state index is 0.177. The van der Waals surface area contributed by atoms with Crippen molar-refractivity contribution >= 4 is 17.8 Å². The highest BCUT2D eigenvalue weighted by molar-refractivity contribution is 6.09. The van der Waals surface area contributed by atoms with Crippen LogP contribution < -0.4 is 5.32 Å². The maximum atomic E-state index is 13.2. The topological polar surface area (TPSA) is 92.1 Å². The van der Waals surface area contributed by atoms with Crippen molar-refractivity contribution in [1.29, 1.82) is 0 Å². The predicted molar refractivity (Wildman–Crippen MR) is 110 cm³/mol. The van der Waals surface area contributed by atoms with Crippen LogP contribution >= 0.6 is 0 Å². The van der Waals surface area contributed by atoms with Crippen LogP contribution in [0.2, 0.25) is 0 Å². The lowest BCUT2D eigenvalue weighted by molar-refractivity contribution is -0.140. The average Bonchev–Trinajstić information content (AvgIpc) is 3.27. The van der Waals surface area contributed by atoms with Gasteiger partial charge in [0.2, 0.25) is 5.91 Å². The van der Waals surface area contributed by atoms with E-state index in [-0.39, 0.29) is 30.3 Å². The molecule has 0 unspecified atom stereocenters. The average molecular weight is 420 g/mol. The molecule has 1 aromatic heterocycles. The fourth-order valence-electron chi connectivity index (χ4n) is 4.45. The fourth-order valence-corrected chi connectivity index (χ4v) is 4.45. The molecule has 30 heavy (non-hydrogen) atoms. The van der Waals surface area contributed by atoms with Gasteiger partial charge in [-0.1, -0.05) is 20.8 Å². The van der Waals surface area contributed by atoms with Crippen molar-refractivity contribution in [3.05, 3.63) is 24.2 Å². The molecular formula is C22H33N3O5. The first-order valence-corrected chi connectivity index (χ1v) is 10.6. The first kappa shape index (κ1) is 22.3. The second-order valence-electron chi connectivity index (χ2n) is 9.43. The third-order valence-electron chi connectivity index (χ3n) is 6.45. The fraction of sp³-hybridized carbons (Fsp3) is 0.682. The first-order chi connectivity index (χ1) is 14.2. The molecule has 1 saturated carbocycles. The molecule has 0 radical (unpaired) electrons. The van der Waals surface area contributed by atoms with E-state index in [1.807, 2.05) is 0 Å². The highest BCUT2D eigenvalue weighted by atomic mass is 16.5. The summed E-state index contributed by atoms with van der Waals surface area (Å²) in [5, 5.41) is 2.90. The number of methoxy groups -OCH3 is 1. The number of ether oxygens (including phenoxy) is 1. The lowest BCUT2D eigenvalue weighted by Crippen LogP contribution is -2.51. The van der Waals surface area contributed by atoms with Crippen LogP contribution in [0.1, 0.15) is 52.2 Å². The van der Waals surface area contributed by atoms with Gasteiger partial charge in [0, 0.05) is 13.7 Å². The molecule has 1 aliphatic carbocycles. The van der Waals surface area contributed by atoms with Crippen molar-refractivity contribution in [3.63, 3.8) is 0 Å². The zero-order chi connectivity index (χ0) is 21.9. The SMILES string of the molecule is COCCN(Cc1ccco1)C(=O)CN1C(=O)NC2(CCC(C(C)(C)C)CC2)C1=O. The van der Waals surface area contributed by atoms with E-state index in [1.165, 1.54) is 0 Å². The first-order valence-electron chi connectivity index (χ1n) is 10.6. The van der Waals surface area contributed by atoms with Gasteiger partial charge in [-0.05, 0) is 49.1 Å². The van der Waals surface area contributed by atoms with Crippen LogP contribution in [0.5, 0.6) is 0 Å². The molecule has 1 spiro atoms. The van der Waals surface area contributed by atoms with Gasteiger partial charge < -0.3 is 19.4 Å². The van der Waals surface area contributed by atoms with E-state index in [4.69, 9.17) is 9.15 Å². The molecule has 1 saturated heterocycles. The van der Waals surface area contributed by atoms with Crippen LogP contribution in [0, 0.1) is 11.3 Å². The number of carbonyl (C=O) groups is 3. The second-order valence-corrected chi connectivity index (χ2v) is 9.43. The van der Waals surface area contributed by atoms with E-state index in [1.54, 1.807) is 30.4 Å². The summed E-state index contributed by atoms with van der Waals surface area (Å²) in [6, 6.07) is 3.06. The molecule has 1 N–H and O–H groups in total. The summed E-state index contributed by atoms with van der Waals surface area (Å²) in [7, 11) is 1.56. The lowest BCUT2D eigenvalue weighted by Gasteiger charge is -2.40. The maximum absolute atomic E-state index is 13.2. The van der Waals surface area contributed by atoms with Crippen LogP contribution in [0.3, 0.4) is 0 Å². The number of nitrogens with one attached hydrogen (secondary N) is 1. The molecule has 4 amide bonds. The van der Waals surface area contributed by atoms with Crippen molar-refractivity contribution in [2.24, 2.45) is 11.3 Å². The van der Waals surface area contributed by atoms with Gasteiger partial charge in [-0.2, -0.15) is 0 Å². The third-order valence-corrected chi connectivity index (χ3v) is 6.45. The molecule has 2 fully saturated rings. The Hall–Kier alpha value is -2.35. The van der Waals surface area contributed by atoms with E-state index in [0.29, 0.717) is 37.7 Å². The number of nitrogens with zero attached hydrogens (tertiary/aromatic N) is 2. The summed E-state index contributed by atoms with van der Waals surface area (Å²) in [5.41, 5.74) is -0.686. The molecule has 2 heterocycles. The second kappa shape index (κ2) is 8.79. The van der Waals surface area contributed by atoms with Crippen LogP contribution in [-0.4, -0.2) is 60.0 Å². The van der Waals surface area contributed by atoms with Crippen LogP contribution in [0.4, 0.5) is 4.79 Å². The van der Waals surface area contributed by atoms with Crippen molar-refractivity contribution in [1.82, 2.24) is 15.1 Å². The van der Waals surface area contributed by atoms with Crippen molar-refractivity contribution in [2.75, 3.05) is 26.8 Å². The van der Waals surface area contributed by atoms with Crippen molar-refractivity contribution in [3.8, 4) is 0 Å². The van der Waals surface area contributed by atoms with Crippen LogP contribution in [0.25, 0.3) is 0 Å². The van der Waals surface area contributed by atoms with Gasteiger partial charge in [-0.15, -0.1) is 0 Å². The molecule has 8 heteroatoms. The number of rotatable bonds is 7. The number of imide groups is 1. The summed E-state index contributed by atoms with van der Waals surface area (Å²) in [6.45, 7) is 7.31. The highest BCUT2D eigenvalue weighted by Crippen LogP contribution is 2.43. The van der Waals surface area contributed by atoms with E-state index in [0.717, 1.165) is 17.7 Å². The Morgan fingerprint density at radius 2 is 2.03 bits per heavy atom. The Morgan fingerprint density at radius 3 is 2.60 bits per heavy atom. The number of hydrogen-bond donors (Lipinski definition) is 1. The Morgan fingerprint density at radius 1 is 1.33 bits per heavy atom. The van der Waals surface area contributed by atoms with Gasteiger partial charge in [0.25, 0.3) is 5.91 Å². The van der Waals surface area contributed by atoms with E-state index < -0.39 is 11.6 Å². The van der Waals surface area contributed by atoms with Gasteiger partial charge >= 0.3 is 6.03 Å². The van der Waals surface area contributed by atoms with E-state index >= 15 is 0 Å². The molecule has 1 aromatic rings. The molecule has 3 rings (SSSR count). The lowest BCUT2D eigenvalue weighted by atomic mass is 9.67. The Labute approximate surface area is 177 Å². The van der Waals surface area contributed by atoms with Gasteiger partial charge in [-0.3, -0.25) is 14.5 Å². The van der Waals surface area contributed by atoms with E-state index in [2.05, 4.69) is 26.1 Å². The van der Waals surface area contributed by atoms with Crippen molar-refractivity contribution < 1.29 is 23.5 Å². The molecule has 8 nitrogen and oxygen atoms in total. The molecule has 0 aromatic carbocycles. The monoisotopic (exact) mass is 419 g/mol. The maximum Gasteiger partial charge on any atom is 0.325 e. The number of carbonyl (C=O) groups excluding carboxylic acids is 3. The summed E-state index contributed by atoms with van der Waals surface area (Å²) >= 11 is 0. The predicted octanol–water partition coefficient (Wildman–Crippen LogP) is 2.78. The minimum Gasteiger partial charge on any atom is -0.467 e.